The van der Waals surface area contributed by atoms with Crippen LogP contribution in [0.2, 0.25) is 0 Å². The van der Waals surface area contributed by atoms with Gasteiger partial charge in [-0.3, -0.25) is 9.69 Å². The van der Waals surface area contributed by atoms with E-state index in [0.717, 1.165) is 0 Å². The highest BCUT2D eigenvalue weighted by Gasteiger charge is 2.17. The molecule has 0 radical (unpaired) electrons. The van der Waals surface area contributed by atoms with E-state index in [9.17, 15) is 4.79 Å². The van der Waals surface area contributed by atoms with E-state index < -0.39 is 12.0 Å². The molecule has 98 valence electrons. The number of carbonyl (C=O) groups is 1. The van der Waals surface area contributed by atoms with Crippen LogP contribution in [0.5, 0.6) is 0 Å². The molecule has 0 fully saturated rings. The lowest BCUT2D eigenvalue weighted by Crippen LogP contribution is -2.35. The molecule has 1 aromatic heterocycles. The number of nitrogens with zero attached hydrogens (tertiary/aromatic N) is 1. The molecule has 0 aliphatic heterocycles. The van der Waals surface area contributed by atoms with Crippen LogP contribution in [0.4, 0.5) is 0 Å². The minimum atomic E-state index is -0.785. The lowest BCUT2D eigenvalue weighted by molar-refractivity contribution is -0.142. The van der Waals surface area contributed by atoms with Gasteiger partial charge in [0.05, 0.1) is 0 Å². The largest absolute Gasteiger partial charge is 0.480 e. The number of hydrogen-bond acceptors (Lipinski definition) is 3. The number of hydrogen-bond donors (Lipinski definition) is 1. The Labute approximate surface area is 116 Å². The van der Waals surface area contributed by atoms with E-state index in [4.69, 9.17) is 5.11 Å². The maximum Gasteiger partial charge on any atom is 0.320 e. The second-order valence-electron chi connectivity index (χ2n) is 4.19. The van der Waals surface area contributed by atoms with E-state index in [-0.39, 0.29) is 12.4 Å². The van der Waals surface area contributed by atoms with Crippen molar-refractivity contribution >= 4 is 39.8 Å². The monoisotopic (exact) mass is 285 g/mol. The zero-order valence-corrected chi connectivity index (χ0v) is 11.9. The third-order valence-electron chi connectivity index (χ3n) is 3.00. The smallest absolute Gasteiger partial charge is 0.320 e. The van der Waals surface area contributed by atoms with Crippen LogP contribution in [0.25, 0.3) is 10.1 Å². The molecule has 1 atom stereocenters. The second-order valence-corrected chi connectivity index (χ2v) is 5.10. The first kappa shape index (κ1) is 15.0. The molecule has 1 unspecified atom stereocenters. The van der Waals surface area contributed by atoms with Crippen molar-refractivity contribution < 1.29 is 9.90 Å². The molecule has 18 heavy (non-hydrogen) atoms. The molecule has 0 amide bonds. The predicted molar refractivity (Wildman–Crippen MR) is 77.6 cm³/mol. The Bertz CT molecular complexity index is 541. The van der Waals surface area contributed by atoms with Crippen molar-refractivity contribution in [2.24, 2.45) is 0 Å². The fraction of sp³-hybridized carbons (Fsp3) is 0.308. The van der Waals surface area contributed by atoms with Gasteiger partial charge in [0, 0.05) is 11.2 Å². The number of rotatable bonds is 4. The molecule has 0 aliphatic carbocycles. The third kappa shape index (κ3) is 3.02. The van der Waals surface area contributed by atoms with E-state index in [1.165, 1.54) is 15.6 Å². The number of thiophene rings is 1. The maximum absolute atomic E-state index is 10.9. The normalized spacial score (nSPS) is 12.4. The topological polar surface area (TPSA) is 40.5 Å². The summed E-state index contributed by atoms with van der Waals surface area (Å²) in [6, 6.07) is 7.74. The van der Waals surface area contributed by atoms with Crippen LogP contribution < -0.4 is 0 Å². The van der Waals surface area contributed by atoms with Crippen LogP contribution in [0.1, 0.15) is 12.5 Å². The van der Waals surface area contributed by atoms with Crippen LogP contribution in [-0.4, -0.2) is 29.1 Å². The molecule has 2 rings (SSSR count). The average molecular weight is 286 g/mol. The quantitative estimate of drug-likeness (QED) is 0.938. The van der Waals surface area contributed by atoms with Crippen molar-refractivity contribution in [2.45, 2.75) is 19.5 Å². The van der Waals surface area contributed by atoms with Crippen LogP contribution in [0.15, 0.2) is 29.6 Å². The van der Waals surface area contributed by atoms with Crippen molar-refractivity contribution in [1.82, 2.24) is 4.90 Å². The number of aliphatic carboxylic acids is 1. The van der Waals surface area contributed by atoms with Crippen molar-refractivity contribution in [3.05, 3.63) is 35.2 Å². The minimum absolute atomic E-state index is 0. The summed E-state index contributed by atoms with van der Waals surface area (Å²) in [7, 11) is 1.84. The fourth-order valence-electron chi connectivity index (χ4n) is 1.75. The van der Waals surface area contributed by atoms with Crippen molar-refractivity contribution in [3.63, 3.8) is 0 Å². The molecule has 2 aromatic rings. The van der Waals surface area contributed by atoms with Crippen molar-refractivity contribution in [2.75, 3.05) is 7.05 Å². The van der Waals surface area contributed by atoms with Gasteiger partial charge in [0.2, 0.25) is 0 Å². The van der Waals surface area contributed by atoms with Crippen LogP contribution in [-0.2, 0) is 11.3 Å². The summed E-state index contributed by atoms with van der Waals surface area (Å²) in [5, 5.41) is 12.3. The van der Waals surface area contributed by atoms with E-state index in [2.05, 4.69) is 17.5 Å². The summed E-state index contributed by atoms with van der Waals surface area (Å²) >= 11 is 1.70. The second kappa shape index (κ2) is 6.18. The van der Waals surface area contributed by atoms with Crippen LogP contribution in [0.3, 0.4) is 0 Å². The SMILES string of the molecule is CC(C(=O)O)N(C)Cc1csc2ccccc12.Cl. The Morgan fingerprint density at radius 1 is 1.44 bits per heavy atom. The minimum Gasteiger partial charge on any atom is -0.480 e. The van der Waals surface area contributed by atoms with E-state index in [1.807, 2.05) is 24.1 Å². The molecule has 5 heteroatoms. The zero-order valence-electron chi connectivity index (χ0n) is 10.3. The first-order valence-electron chi connectivity index (χ1n) is 5.47. The van der Waals surface area contributed by atoms with E-state index in [0.29, 0.717) is 6.54 Å². The molecule has 1 N–H and O–H groups in total. The predicted octanol–water partition coefficient (Wildman–Crippen LogP) is 3.23. The van der Waals surface area contributed by atoms with Gasteiger partial charge in [-0.15, -0.1) is 23.7 Å². The van der Waals surface area contributed by atoms with E-state index >= 15 is 0 Å². The lowest BCUT2D eigenvalue weighted by Gasteiger charge is -2.20. The number of fused-ring (bicyclic) bond motifs is 1. The van der Waals surface area contributed by atoms with Crippen molar-refractivity contribution in [1.29, 1.82) is 0 Å². The van der Waals surface area contributed by atoms with Crippen molar-refractivity contribution in [3.8, 4) is 0 Å². The first-order valence-corrected chi connectivity index (χ1v) is 6.35. The molecule has 0 bridgehead atoms. The molecule has 0 aliphatic rings. The molecular weight excluding hydrogens is 270 g/mol. The first-order chi connectivity index (χ1) is 8.09. The molecule has 0 saturated heterocycles. The molecule has 0 spiro atoms. The van der Waals surface area contributed by atoms with Crippen LogP contribution in [0, 0.1) is 0 Å². The summed E-state index contributed by atoms with van der Waals surface area (Å²) < 4.78 is 1.25. The number of likely N-dealkylation sites (N-methyl/N-ethyl adjacent to an activating group) is 1. The van der Waals surface area contributed by atoms with Gasteiger partial charge in [-0.05, 0) is 36.4 Å². The van der Waals surface area contributed by atoms with Gasteiger partial charge in [0.1, 0.15) is 6.04 Å². The van der Waals surface area contributed by atoms with E-state index in [1.54, 1.807) is 18.3 Å². The Balaban J connectivity index is 0.00000162. The fourth-order valence-corrected chi connectivity index (χ4v) is 2.70. The number of benzene rings is 1. The Hall–Kier alpha value is -1.10. The third-order valence-corrected chi connectivity index (χ3v) is 4.01. The van der Waals surface area contributed by atoms with Gasteiger partial charge in [0.15, 0.2) is 0 Å². The molecule has 0 saturated carbocycles. The van der Waals surface area contributed by atoms with Gasteiger partial charge >= 0.3 is 5.97 Å². The molecular formula is C13H16ClNO2S. The zero-order chi connectivity index (χ0) is 12.4. The lowest BCUT2D eigenvalue weighted by atomic mass is 10.1. The summed E-state index contributed by atoms with van der Waals surface area (Å²) in [6.07, 6.45) is 0. The van der Waals surface area contributed by atoms with Gasteiger partial charge in [-0.25, -0.2) is 0 Å². The Kier molecular flexibility index (Phi) is 5.14. The molecule has 3 nitrogen and oxygen atoms in total. The summed E-state index contributed by atoms with van der Waals surface area (Å²) in [5.41, 5.74) is 1.20. The molecule has 1 aromatic carbocycles. The van der Waals surface area contributed by atoms with Gasteiger partial charge in [-0.1, -0.05) is 18.2 Å². The number of carboxylic acid groups (broad SMARTS) is 1. The highest BCUT2D eigenvalue weighted by atomic mass is 35.5. The summed E-state index contributed by atoms with van der Waals surface area (Å²) in [5.74, 6) is -0.785. The highest BCUT2D eigenvalue weighted by molar-refractivity contribution is 7.17. The average Bonchev–Trinajstić information content (AvgIpc) is 2.71. The van der Waals surface area contributed by atoms with Gasteiger partial charge < -0.3 is 5.11 Å². The maximum atomic E-state index is 10.9. The summed E-state index contributed by atoms with van der Waals surface area (Å²) in [6.45, 7) is 2.37. The number of halogens is 1. The number of carboxylic acids is 1. The Morgan fingerprint density at radius 3 is 2.78 bits per heavy atom. The Morgan fingerprint density at radius 2 is 2.11 bits per heavy atom. The molecule has 1 heterocycles. The standard InChI is InChI=1S/C13H15NO2S.ClH/c1-9(13(15)16)14(2)7-10-8-17-12-6-4-3-5-11(10)12;/h3-6,8-9H,7H2,1-2H3,(H,15,16);1H. The van der Waals surface area contributed by atoms with Gasteiger partial charge in [-0.2, -0.15) is 0 Å². The van der Waals surface area contributed by atoms with Crippen LogP contribution >= 0.6 is 23.7 Å². The van der Waals surface area contributed by atoms with Gasteiger partial charge in [0.25, 0.3) is 0 Å². The highest BCUT2D eigenvalue weighted by Crippen LogP contribution is 2.26. The summed E-state index contributed by atoms with van der Waals surface area (Å²) in [4.78, 5) is 12.7.